The Kier molecular flexibility index (Phi) is 7.16. The molecule has 4 heteroatoms. The predicted molar refractivity (Wildman–Crippen MR) is 100 cm³/mol. The molecular weight excluding hydrogens is 314 g/mol. The Morgan fingerprint density at radius 3 is 2.48 bits per heavy atom. The summed E-state index contributed by atoms with van der Waals surface area (Å²) in [5, 5.41) is 0. The molecule has 0 bridgehead atoms. The van der Waals surface area contributed by atoms with Gasteiger partial charge in [-0.25, -0.2) is 0 Å². The molecule has 1 aromatic carbocycles. The van der Waals surface area contributed by atoms with Gasteiger partial charge in [-0.3, -0.25) is 4.79 Å². The fourth-order valence-corrected chi connectivity index (χ4v) is 2.39. The molecule has 0 atom stereocenters. The Morgan fingerprint density at radius 1 is 1.04 bits per heavy atom. The maximum Gasteiger partial charge on any atom is 0.269 e. The lowest BCUT2D eigenvalue weighted by molar-refractivity contribution is 0.305. The molecule has 0 saturated heterocycles. The van der Waals surface area contributed by atoms with Crippen LogP contribution in [-0.4, -0.2) is 18.3 Å². The van der Waals surface area contributed by atoms with Crippen molar-refractivity contribution in [3.05, 3.63) is 58.0 Å². The zero-order valence-corrected chi connectivity index (χ0v) is 15.2. The molecule has 0 aliphatic carbocycles. The summed E-state index contributed by atoms with van der Waals surface area (Å²) in [6, 6.07) is 9.35. The van der Waals surface area contributed by atoms with E-state index in [0.29, 0.717) is 11.3 Å². The highest BCUT2D eigenvalue weighted by atomic mass is 16.5. The van der Waals surface area contributed by atoms with Crippen molar-refractivity contribution in [3.8, 4) is 23.3 Å². The van der Waals surface area contributed by atoms with Crippen LogP contribution < -0.4 is 15.0 Å². The van der Waals surface area contributed by atoms with Gasteiger partial charge in [0.2, 0.25) is 0 Å². The molecule has 4 nitrogen and oxygen atoms in total. The van der Waals surface area contributed by atoms with E-state index in [2.05, 4.69) is 18.8 Å². The molecule has 0 aliphatic heterocycles. The highest BCUT2D eigenvalue weighted by Crippen LogP contribution is 2.14. The smallest absolute Gasteiger partial charge is 0.269 e. The summed E-state index contributed by atoms with van der Waals surface area (Å²) in [6.45, 7) is 2.93. The number of pyridine rings is 1. The van der Waals surface area contributed by atoms with Crippen LogP contribution in [0.4, 0.5) is 0 Å². The van der Waals surface area contributed by atoms with Crippen molar-refractivity contribution < 1.29 is 9.47 Å². The predicted octanol–water partition coefficient (Wildman–Crippen LogP) is 3.75. The minimum Gasteiger partial charge on any atom is -0.495 e. The van der Waals surface area contributed by atoms with Gasteiger partial charge < -0.3 is 14.0 Å². The third kappa shape index (κ3) is 5.42. The highest BCUT2D eigenvalue weighted by Gasteiger charge is 2.06. The third-order valence-electron chi connectivity index (χ3n) is 3.90. The zero-order chi connectivity index (χ0) is 18.1. The van der Waals surface area contributed by atoms with Crippen molar-refractivity contribution in [2.24, 2.45) is 7.05 Å². The number of hydrogen-bond donors (Lipinski definition) is 0. The van der Waals surface area contributed by atoms with Gasteiger partial charge in [0.05, 0.1) is 13.7 Å². The van der Waals surface area contributed by atoms with E-state index in [4.69, 9.17) is 9.47 Å². The maximum atomic E-state index is 12.2. The number of rotatable bonds is 7. The lowest BCUT2D eigenvalue weighted by atomic mass is 10.2. The fourth-order valence-electron chi connectivity index (χ4n) is 2.39. The monoisotopic (exact) mass is 339 g/mol. The van der Waals surface area contributed by atoms with Gasteiger partial charge in [-0.15, -0.1) is 0 Å². The first-order chi connectivity index (χ1) is 12.2. The normalized spacial score (nSPS) is 10.0. The SMILES string of the molecule is CCCCCCOc1ccc(C#Cc2c(OC)ccn(C)c2=O)cc1. The van der Waals surface area contributed by atoms with Crippen LogP contribution in [0.3, 0.4) is 0 Å². The van der Waals surface area contributed by atoms with Crippen molar-refractivity contribution in [1.82, 2.24) is 4.57 Å². The number of aromatic nitrogens is 1. The van der Waals surface area contributed by atoms with Gasteiger partial charge in [-0.2, -0.15) is 0 Å². The quantitative estimate of drug-likeness (QED) is 0.570. The number of unbranched alkanes of at least 4 members (excludes halogenated alkanes) is 3. The van der Waals surface area contributed by atoms with Crippen LogP contribution >= 0.6 is 0 Å². The van der Waals surface area contributed by atoms with Crippen LogP contribution in [0.1, 0.15) is 43.7 Å². The number of ether oxygens (including phenoxy) is 2. The Morgan fingerprint density at radius 2 is 1.80 bits per heavy atom. The van der Waals surface area contributed by atoms with E-state index < -0.39 is 0 Å². The first-order valence-corrected chi connectivity index (χ1v) is 8.64. The lowest BCUT2D eigenvalue weighted by Crippen LogP contribution is -2.19. The molecule has 2 rings (SSSR count). The molecule has 0 spiro atoms. The molecule has 1 aromatic heterocycles. The Balaban J connectivity index is 2.04. The number of benzene rings is 1. The van der Waals surface area contributed by atoms with Crippen LogP contribution in [0.25, 0.3) is 0 Å². The maximum absolute atomic E-state index is 12.2. The van der Waals surface area contributed by atoms with Crippen molar-refractivity contribution >= 4 is 0 Å². The van der Waals surface area contributed by atoms with Gasteiger partial charge in [-0.05, 0) is 36.8 Å². The van der Waals surface area contributed by atoms with Gasteiger partial charge in [0.1, 0.15) is 17.1 Å². The summed E-state index contributed by atoms with van der Waals surface area (Å²) in [6.07, 6.45) is 6.42. The molecule has 0 saturated carbocycles. The topological polar surface area (TPSA) is 40.5 Å². The molecule has 132 valence electrons. The molecule has 0 aliphatic rings. The Labute approximate surface area is 149 Å². The van der Waals surface area contributed by atoms with Crippen molar-refractivity contribution in [2.45, 2.75) is 32.6 Å². The van der Waals surface area contributed by atoms with Crippen LogP contribution in [0.5, 0.6) is 11.5 Å². The summed E-state index contributed by atoms with van der Waals surface area (Å²) < 4.78 is 12.4. The average molecular weight is 339 g/mol. The van der Waals surface area contributed by atoms with Crippen molar-refractivity contribution in [2.75, 3.05) is 13.7 Å². The fraction of sp³-hybridized carbons (Fsp3) is 0.381. The van der Waals surface area contributed by atoms with E-state index in [-0.39, 0.29) is 5.56 Å². The molecule has 0 unspecified atom stereocenters. The molecule has 25 heavy (non-hydrogen) atoms. The van der Waals surface area contributed by atoms with Crippen LogP contribution in [0.15, 0.2) is 41.3 Å². The van der Waals surface area contributed by atoms with E-state index in [0.717, 1.165) is 24.3 Å². The van der Waals surface area contributed by atoms with E-state index in [1.165, 1.54) is 30.9 Å². The minimum atomic E-state index is -0.168. The summed E-state index contributed by atoms with van der Waals surface area (Å²) in [7, 11) is 3.23. The van der Waals surface area contributed by atoms with Crippen molar-refractivity contribution in [1.29, 1.82) is 0 Å². The minimum absolute atomic E-state index is 0.168. The first-order valence-electron chi connectivity index (χ1n) is 8.64. The van der Waals surface area contributed by atoms with E-state index >= 15 is 0 Å². The van der Waals surface area contributed by atoms with Crippen LogP contribution in [0, 0.1) is 11.8 Å². The molecule has 0 fully saturated rings. The molecule has 0 radical (unpaired) electrons. The van der Waals surface area contributed by atoms with E-state index in [1.54, 1.807) is 19.3 Å². The molecule has 1 heterocycles. The van der Waals surface area contributed by atoms with Gasteiger partial charge in [0, 0.05) is 18.8 Å². The second-order valence-corrected chi connectivity index (χ2v) is 5.86. The summed E-state index contributed by atoms with van der Waals surface area (Å²) in [5.74, 6) is 7.27. The van der Waals surface area contributed by atoms with Gasteiger partial charge in [-0.1, -0.05) is 38.0 Å². The number of nitrogens with zero attached hydrogens (tertiary/aromatic N) is 1. The zero-order valence-electron chi connectivity index (χ0n) is 15.2. The molecule has 2 aromatic rings. The summed E-state index contributed by atoms with van der Waals surface area (Å²) in [4.78, 5) is 12.2. The molecular formula is C21H25NO3. The first kappa shape index (κ1) is 18.7. The van der Waals surface area contributed by atoms with Crippen molar-refractivity contribution in [3.63, 3.8) is 0 Å². The highest BCUT2D eigenvalue weighted by molar-refractivity contribution is 5.49. The number of hydrogen-bond acceptors (Lipinski definition) is 3. The Hall–Kier alpha value is -2.67. The lowest BCUT2D eigenvalue weighted by Gasteiger charge is -2.06. The van der Waals surface area contributed by atoms with E-state index in [9.17, 15) is 4.79 Å². The molecule has 0 N–H and O–H groups in total. The van der Waals surface area contributed by atoms with Gasteiger partial charge in [0.15, 0.2) is 0 Å². The third-order valence-corrected chi connectivity index (χ3v) is 3.90. The second kappa shape index (κ2) is 9.58. The second-order valence-electron chi connectivity index (χ2n) is 5.86. The van der Waals surface area contributed by atoms with Crippen LogP contribution in [0.2, 0.25) is 0 Å². The van der Waals surface area contributed by atoms with Gasteiger partial charge in [0.25, 0.3) is 5.56 Å². The standard InChI is InChI=1S/C21H25NO3/c1-4-5-6-7-16-25-18-11-8-17(9-12-18)10-13-19-20(24-3)14-15-22(2)21(19)23/h8-9,11-12,14-15H,4-7,16H2,1-3H3. The Bertz CT molecular complexity index is 795. The summed E-state index contributed by atoms with van der Waals surface area (Å²) >= 11 is 0. The largest absolute Gasteiger partial charge is 0.495 e. The average Bonchev–Trinajstić information content (AvgIpc) is 2.64. The number of aryl methyl sites for hydroxylation is 1. The molecule has 0 amide bonds. The van der Waals surface area contributed by atoms with E-state index in [1.807, 2.05) is 24.3 Å². The number of methoxy groups -OCH3 is 1. The van der Waals surface area contributed by atoms with Gasteiger partial charge >= 0.3 is 0 Å². The van der Waals surface area contributed by atoms with Crippen LogP contribution in [-0.2, 0) is 7.05 Å². The summed E-state index contributed by atoms with van der Waals surface area (Å²) in [5.41, 5.74) is 1.02.